The van der Waals surface area contributed by atoms with Gasteiger partial charge in [-0.3, -0.25) is 0 Å². The number of rotatable bonds is 4. The number of carbonyl (C=O) groups excluding carboxylic acids is 1. The predicted octanol–water partition coefficient (Wildman–Crippen LogP) is 3.53. The van der Waals surface area contributed by atoms with Crippen molar-refractivity contribution >= 4 is 23.3 Å². The molecule has 0 N–H and O–H groups in total. The van der Waals surface area contributed by atoms with E-state index in [1.165, 1.54) is 7.11 Å². The Hall–Kier alpha value is -1.22. The summed E-state index contributed by atoms with van der Waals surface area (Å²) in [6.07, 6.45) is 0. The molecule has 0 aliphatic rings. The Kier molecular flexibility index (Phi) is 5.03. The van der Waals surface area contributed by atoms with Crippen LogP contribution in [0.3, 0.4) is 0 Å². The minimum atomic E-state index is -0.353. The van der Waals surface area contributed by atoms with E-state index in [1.807, 2.05) is 20.0 Å². The van der Waals surface area contributed by atoms with Crippen LogP contribution in [0.25, 0.3) is 0 Å². The standard InChI is InChI=1S/C14H20ClNO2/c1-9(2)8-16(4)13-7-11(15)6-12(10(13)3)14(17)18-5/h6-7,9H,8H2,1-5H3. The smallest absolute Gasteiger partial charge is 0.338 e. The number of ether oxygens (including phenoxy) is 1. The number of methoxy groups -OCH3 is 1. The van der Waals surface area contributed by atoms with Crippen molar-refractivity contribution in [3.8, 4) is 0 Å². The van der Waals surface area contributed by atoms with Crippen molar-refractivity contribution < 1.29 is 9.53 Å². The quantitative estimate of drug-likeness (QED) is 0.783. The molecular weight excluding hydrogens is 250 g/mol. The Bertz CT molecular complexity index is 444. The largest absolute Gasteiger partial charge is 0.465 e. The van der Waals surface area contributed by atoms with Gasteiger partial charge >= 0.3 is 5.97 Å². The first-order chi connectivity index (χ1) is 8.36. The second-order valence-electron chi connectivity index (χ2n) is 4.86. The predicted molar refractivity (Wildman–Crippen MR) is 75.6 cm³/mol. The van der Waals surface area contributed by atoms with E-state index in [9.17, 15) is 4.79 Å². The van der Waals surface area contributed by atoms with Gasteiger partial charge in [0.1, 0.15) is 0 Å². The summed E-state index contributed by atoms with van der Waals surface area (Å²) < 4.78 is 4.77. The molecule has 0 radical (unpaired) electrons. The molecule has 0 aromatic heterocycles. The zero-order valence-electron chi connectivity index (χ0n) is 11.6. The summed E-state index contributed by atoms with van der Waals surface area (Å²) in [5.41, 5.74) is 2.39. The van der Waals surface area contributed by atoms with Gasteiger partial charge in [-0.05, 0) is 30.5 Å². The molecule has 0 fully saturated rings. The Balaban J connectivity index is 3.20. The van der Waals surface area contributed by atoms with E-state index in [-0.39, 0.29) is 5.97 Å². The number of anilines is 1. The Morgan fingerprint density at radius 1 is 1.44 bits per heavy atom. The molecular formula is C14H20ClNO2. The molecule has 0 aliphatic carbocycles. The third-order valence-corrected chi connectivity index (χ3v) is 3.02. The molecule has 1 rings (SSSR count). The monoisotopic (exact) mass is 269 g/mol. The van der Waals surface area contributed by atoms with Gasteiger partial charge in [-0.25, -0.2) is 4.79 Å². The molecule has 1 aromatic rings. The van der Waals surface area contributed by atoms with Crippen LogP contribution in [0.15, 0.2) is 12.1 Å². The summed E-state index contributed by atoms with van der Waals surface area (Å²) in [6.45, 7) is 7.12. The summed E-state index contributed by atoms with van der Waals surface area (Å²) in [5, 5.41) is 0.548. The van der Waals surface area contributed by atoms with E-state index < -0.39 is 0 Å². The van der Waals surface area contributed by atoms with Gasteiger partial charge in [-0.2, -0.15) is 0 Å². The van der Waals surface area contributed by atoms with Crippen LogP contribution in [-0.2, 0) is 4.74 Å². The molecule has 0 saturated carbocycles. The molecule has 0 saturated heterocycles. The second kappa shape index (κ2) is 6.10. The van der Waals surface area contributed by atoms with Crippen molar-refractivity contribution in [3.63, 3.8) is 0 Å². The lowest BCUT2D eigenvalue weighted by Gasteiger charge is -2.24. The van der Waals surface area contributed by atoms with E-state index in [0.29, 0.717) is 16.5 Å². The van der Waals surface area contributed by atoms with Gasteiger partial charge in [0.25, 0.3) is 0 Å². The van der Waals surface area contributed by atoms with Crippen LogP contribution in [-0.4, -0.2) is 26.7 Å². The Labute approximate surface area is 114 Å². The molecule has 0 atom stereocenters. The maximum Gasteiger partial charge on any atom is 0.338 e. The minimum Gasteiger partial charge on any atom is -0.465 e. The van der Waals surface area contributed by atoms with Crippen LogP contribution >= 0.6 is 11.6 Å². The molecule has 100 valence electrons. The van der Waals surface area contributed by atoms with Crippen molar-refractivity contribution in [1.29, 1.82) is 0 Å². The highest BCUT2D eigenvalue weighted by Gasteiger charge is 2.16. The number of benzene rings is 1. The van der Waals surface area contributed by atoms with E-state index in [4.69, 9.17) is 16.3 Å². The van der Waals surface area contributed by atoms with Crippen LogP contribution < -0.4 is 4.90 Å². The molecule has 3 nitrogen and oxygen atoms in total. The molecule has 0 unspecified atom stereocenters. The molecule has 0 aliphatic heterocycles. The lowest BCUT2D eigenvalue weighted by molar-refractivity contribution is 0.0600. The fraction of sp³-hybridized carbons (Fsp3) is 0.500. The topological polar surface area (TPSA) is 29.5 Å². The average Bonchev–Trinajstić information content (AvgIpc) is 2.29. The van der Waals surface area contributed by atoms with Gasteiger partial charge in [0.05, 0.1) is 12.7 Å². The van der Waals surface area contributed by atoms with Gasteiger partial charge in [-0.1, -0.05) is 25.4 Å². The molecule has 0 bridgehead atoms. The number of hydrogen-bond donors (Lipinski definition) is 0. The molecule has 1 aromatic carbocycles. The molecule has 0 heterocycles. The van der Waals surface area contributed by atoms with Gasteiger partial charge in [0.2, 0.25) is 0 Å². The molecule has 4 heteroatoms. The van der Waals surface area contributed by atoms with E-state index in [1.54, 1.807) is 6.07 Å². The van der Waals surface area contributed by atoms with Gasteiger partial charge in [0.15, 0.2) is 0 Å². The number of halogens is 1. The zero-order valence-corrected chi connectivity index (χ0v) is 12.3. The van der Waals surface area contributed by atoms with Gasteiger partial charge in [0, 0.05) is 24.3 Å². The summed E-state index contributed by atoms with van der Waals surface area (Å²) in [5.74, 6) is 0.184. The first-order valence-corrected chi connectivity index (χ1v) is 6.34. The molecule has 0 amide bonds. The van der Waals surface area contributed by atoms with Crippen molar-refractivity contribution in [3.05, 3.63) is 28.3 Å². The van der Waals surface area contributed by atoms with Crippen molar-refractivity contribution in [2.24, 2.45) is 5.92 Å². The second-order valence-corrected chi connectivity index (χ2v) is 5.30. The molecule has 0 spiro atoms. The van der Waals surface area contributed by atoms with Crippen LogP contribution in [0, 0.1) is 12.8 Å². The first-order valence-electron chi connectivity index (χ1n) is 5.96. The number of esters is 1. The maximum atomic E-state index is 11.7. The third-order valence-electron chi connectivity index (χ3n) is 2.80. The average molecular weight is 270 g/mol. The first kappa shape index (κ1) is 14.8. The Morgan fingerprint density at radius 3 is 2.56 bits per heavy atom. The normalized spacial score (nSPS) is 10.6. The van der Waals surface area contributed by atoms with Gasteiger partial charge in [-0.15, -0.1) is 0 Å². The fourth-order valence-electron chi connectivity index (χ4n) is 2.03. The van der Waals surface area contributed by atoms with Crippen molar-refractivity contribution in [1.82, 2.24) is 0 Å². The fourth-order valence-corrected chi connectivity index (χ4v) is 2.24. The molecule has 18 heavy (non-hydrogen) atoms. The third kappa shape index (κ3) is 3.39. The summed E-state index contributed by atoms with van der Waals surface area (Å²) in [6, 6.07) is 3.53. The minimum absolute atomic E-state index is 0.353. The van der Waals surface area contributed by atoms with Crippen molar-refractivity contribution in [2.75, 3.05) is 25.6 Å². The number of nitrogens with zero attached hydrogens (tertiary/aromatic N) is 1. The van der Waals surface area contributed by atoms with E-state index >= 15 is 0 Å². The summed E-state index contributed by atoms with van der Waals surface area (Å²) in [4.78, 5) is 13.8. The van der Waals surface area contributed by atoms with Crippen LogP contribution in [0.2, 0.25) is 5.02 Å². The number of hydrogen-bond acceptors (Lipinski definition) is 3. The van der Waals surface area contributed by atoms with Crippen LogP contribution in [0.5, 0.6) is 0 Å². The zero-order chi connectivity index (χ0) is 13.9. The highest BCUT2D eigenvalue weighted by atomic mass is 35.5. The SMILES string of the molecule is COC(=O)c1cc(Cl)cc(N(C)CC(C)C)c1C. The maximum absolute atomic E-state index is 11.7. The van der Waals surface area contributed by atoms with E-state index in [0.717, 1.165) is 17.8 Å². The van der Waals surface area contributed by atoms with Gasteiger partial charge < -0.3 is 9.64 Å². The van der Waals surface area contributed by atoms with Crippen LogP contribution in [0.4, 0.5) is 5.69 Å². The lowest BCUT2D eigenvalue weighted by Crippen LogP contribution is -2.24. The van der Waals surface area contributed by atoms with Crippen molar-refractivity contribution in [2.45, 2.75) is 20.8 Å². The summed E-state index contributed by atoms with van der Waals surface area (Å²) in [7, 11) is 3.37. The number of carbonyl (C=O) groups is 1. The van der Waals surface area contributed by atoms with E-state index in [2.05, 4.69) is 18.7 Å². The van der Waals surface area contributed by atoms with Crippen LogP contribution in [0.1, 0.15) is 29.8 Å². The highest BCUT2D eigenvalue weighted by Crippen LogP contribution is 2.28. The highest BCUT2D eigenvalue weighted by molar-refractivity contribution is 6.31. The lowest BCUT2D eigenvalue weighted by atomic mass is 10.1. The Morgan fingerprint density at radius 2 is 2.06 bits per heavy atom. The summed E-state index contributed by atoms with van der Waals surface area (Å²) >= 11 is 6.07.